The highest BCUT2D eigenvalue weighted by molar-refractivity contribution is 6.43. The van der Waals surface area contributed by atoms with Crippen molar-refractivity contribution in [2.24, 2.45) is 5.41 Å². The molecule has 3 aromatic rings. The molecule has 26 heavy (non-hydrogen) atoms. The zero-order valence-electron chi connectivity index (χ0n) is 15.1. The Morgan fingerprint density at radius 1 is 1.12 bits per heavy atom. The number of benzene rings is 1. The highest BCUT2D eigenvalue weighted by atomic mass is 35.5. The van der Waals surface area contributed by atoms with E-state index in [1.54, 1.807) is 12.4 Å². The lowest BCUT2D eigenvalue weighted by molar-refractivity contribution is 0.278. The molecule has 5 nitrogen and oxygen atoms in total. The number of hydrogen-bond donors (Lipinski definition) is 0. The summed E-state index contributed by atoms with van der Waals surface area (Å²) in [5.41, 5.74) is 3.70. The molecule has 0 bridgehead atoms. The second kappa shape index (κ2) is 6.39. The van der Waals surface area contributed by atoms with Gasteiger partial charge in [-0.1, -0.05) is 49.2 Å². The SMILES string of the molecule is Cc1nc(N2CCC(C)(C)CC2)n2cnnc2c1-c1cccc(Cl)c1Cl. The van der Waals surface area contributed by atoms with Crippen LogP contribution in [0.25, 0.3) is 16.8 Å². The number of anilines is 1. The van der Waals surface area contributed by atoms with Crippen LogP contribution in [0.2, 0.25) is 10.0 Å². The van der Waals surface area contributed by atoms with E-state index in [4.69, 9.17) is 28.2 Å². The molecule has 2 aromatic heterocycles. The highest BCUT2D eigenvalue weighted by Crippen LogP contribution is 2.38. The lowest BCUT2D eigenvalue weighted by Crippen LogP contribution is -2.38. The predicted octanol–water partition coefficient (Wildman–Crippen LogP) is 5.03. The molecule has 7 heteroatoms. The fourth-order valence-corrected chi connectivity index (χ4v) is 3.92. The molecule has 1 aliphatic heterocycles. The molecule has 0 saturated carbocycles. The van der Waals surface area contributed by atoms with Crippen LogP contribution in [0.3, 0.4) is 0 Å². The molecule has 0 amide bonds. The van der Waals surface area contributed by atoms with Crippen LogP contribution in [0.5, 0.6) is 0 Å². The second-order valence-corrected chi connectivity index (χ2v) is 8.43. The molecule has 3 heterocycles. The van der Waals surface area contributed by atoms with E-state index in [-0.39, 0.29) is 0 Å². The topological polar surface area (TPSA) is 46.3 Å². The van der Waals surface area contributed by atoms with Crippen molar-refractivity contribution in [3.05, 3.63) is 40.3 Å². The van der Waals surface area contributed by atoms with Crippen molar-refractivity contribution in [1.82, 2.24) is 19.6 Å². The minimum absolute atomic E-state index is 0.381. The van der Waals surface area contributed by atoms with Gasteiger partial charge in [0.25, 0.3) is 0 Å². The summed E-state index contributed by atoms with van der Waals surface area (Å²) >= 11 is 12.7. The van der Waals surface area contributed by atoms with Gasteiger partial charge in [0.2, 0.25) is 5.95 Å². The molecule has 1 saturated heterocycles. The summed E-state index contributed by atoms with van der Waals surface area (Å²) < 4.78 is 1.96. The van der Waals surface area contributed by atoms with Gasteiger partial charge in [0.05, 0.1) is 15.7 Å². The summed E-state index contributed by atoms with van der Waals surface area (Å²) in [4.78, 5) is 7.22. The number of piperidine rings is 1. The Labute approximate surface area is 163 Å². The van der Waals surface area contributed by atoms with E-state index >= 15 is 0 Å². The summed E-state index contributed by atoms with van der Waals surface area (Å²) in [5.74, 6) is 0.889. The quantitative estimate of drug-likeness (QED) is 0.616. The van der Waals surface area contributed by atoms with E-state index in [9.17, 15) is 0 Å². The first-order chi connectivity index (χ1) is 12.4. The Balaban J connectivity index is 1.85. The maximum Gasteiger partial charge on any atom is 0.212 e. The first-order valence-electron chi connectivity index (χ1n) is 8.77. The third-order valence-electron chi connectivity index (χ3n) is 5.24. The van der Waals surface area contributed by atoms with Gasteiger partial charge in [-0.05, 0) is 31.2 Å². The monoisotopic (exact) mass is 389 g/mol. The van der Waals surface area contributed by atoms with Crippen molar-refractivity contribution in [2.75, 3.05) is 18.0 Å². The van der Waals surface area contributed by atoms with Gasteiger partial charge in [-0.3, -0.25) is 4.40 Å². The summed E-state index contributed by atoms with van der Waals surface area (Å²) in [6, 6.07) is 5.60. The summed E-state index contributed by atoms with van der Waals surface area (Å²) in [6.07, 6.45) is 4.00. The van der Waals surface area contributed by atoms with Crippen LogP contribution in [0, 0.1) is 12.3 Å². The highest BCUT2D eigenvalue weighted by Gasteiger charge is 2.28. The molecular weight excluding hydrogens is 369 g/mol. The summed E-state index contributed by atoms with van der Waals surface area (Å²) in [5, 5.41) is 9.52. The molecule has 1 aromatic carbocycles. The fraction of sp³-hybridized carbons (Fsp3) is 0.421. The van der Waals surface area contributed by atoms with Crippen molar-refractivity contribution in [3.63, 3.8) is 0 Å². The zero-order chi connectivity index (χ0) is 18.5. The molecule has 1 aliphatic rings. The maximum absolute atomic E-state index is 6.46. The van der Waals surface area contributed by atoms with E-state index in [1.165, 1.54) is 0 Å². The van der Waals surface area contributed by atoms with Gasteiger partial charge in [0, 0.05) is 24.2 Å². The van der Waals surface area contributed by atoms with Crippen molar-refractivity contribution >= 4 is 34.8 Å². The standard InChI is InChI=1S/C19H21Cl2N5/c1-12-15(13-5-4-6-14(20)16(13)21)17-24-22-11-26(17)18(23-12)25-9-7-19(2,3)8-10-25/h4-6,11H,7-10H2,1-3H3. The van der Waals surface area contributed by atoms with E-state index in [0.29, 0.717) is 15.5 Å². The summed E-state index contributed by atoms with van der Waals surface area (Å²) in [7, 11) is 0. The van der Waals surface area contributed by atoms with Gasteiger partial charge in [-0.25, -0.2) is 4.98 Å². The smallest absolute Gasteiger partial charge is 0.212 e. The van der Waals surface area contributed by atoms with Crippen molar-refractivity contribution in [3.8, 4) is 11.1 Å². The molecule has 0 aliphatic carbocycles. The number of rotatable bonds is 2. The average Bonchev–Trinajstić information content (AvgIpc) is 3.07. The Hall–Kier alpha value is -1.85. The van der Waals surface area contributed by atoms with Crippen LogP contribution < -0.4 is 4.90 Å². The number of hydrogen-bond acceptors (Lipinski definition) is 4. The molecular formula is C19H21Cl2N5. The third kappa shape index (κ3) is 2.93. The molecule has 136 valence electrons. The fourth-order valence-electron chi connectivity index (χ4n) is 3.52. The maximum atomic E-state index is 6.46. The van der Waals surface area contributed by atoms with Gasteiger partial charge in [-0.15, -0.1) is 10.2 Å². The van der Waals surface area contributed by atoms with Gasteiger partial charge in [0.1, 0.15) is 6.33 Å². The number of fused-ring (bicyclic) bond motifs is 1. The average molecular weight is 390 g/mol. The molecule has 4 rings (SSSR count). The van der Waals surface area contributed by atoms with Gasteiger partial charge >= 0.3 is 0 Å². The minimum Gasteiger partial charge on any atom is -0.342 e. The van der Waals surface area contributed by atoms with Crippen LogP contribution in [0.1, 0.15) is 32.4 Å². The largest absolute Gasteiger partial charge is 0.342 e. The zero-order valence-corrected chi connectivity index (χ0v) is 16.6. The van der Waals surface area contributed by atoms with Crippen molar-refractivity contribution in [1.29, 1.82) is 0 Å². The molecule has 1 fully saturated rings. The number of halogens is 2. The third-order valence-corrected chi connectivity index (χ3v) is 6.06. The van der Waals surface area contributed by atoms with Crippen LogP contribution in [-0.2, 0) is 0 Å². The molecule has 0 N–H and O–H groups in total. The lowest BCUT2D eigenvalue weighted by atomic mass is 9.83. The number of aromatic nitrogens is 4. The van der Waals surface area contributed by atoms with Crippen LogP contribution in [0.15, 0.2) is 24.5 Å². The van der Waals surface area contributed by atoms with Crippen LogP contribution in [-0.4, -0.2) is 32.7 Å². The number of nitrogens with zero attached hydrogens (tertiary/aromatic N) is 5. The van der Waals surface area contributed by atoms with E-state index in [1.807, 2.05) is 23.5 Å². The lowest BCUT2D eigenvalue weighted by Gasteiger charge is -2.37. The predicted molar refractivity (Wildman–Crippen MR) is 106 cm³/mol. The molecule has 0 atom stereocenters. The first kappa shape index (κ1) is 17.6. The first-order valence-corrected chi connectivity index (χ1v) is 9.53. The van der Waals surface area contributed by atoms with E-state index in [2.05, 4.69) is 28.9 Å². The van der Waals surface area contributed by atoms with Crippen molar-refractivity contribution < 1.29 is 0 Å². The Morgan fingerprint density at radius 2 is 1.85 bits per heavy atom. The summed E-state index contributed by atoms with van der Waals surface area (Å²) in [6.45, 7) is 8.58. The Bertz CT molecular complexity index is 969. The van der Waals surface area contributed by atoms with Crippen molar-refractivity contribution in [2.45, 2.75) is 33.6 Å². The normalized spacial score (nSPS) is 17.0. The van der Waals surface area contributed by atoms with Gasteiger partial charge in [-0.2, -0.15) is 0 Å². The van der Waals surface area contributed by atoms with Gasteiger partial charge < -0.3 is 4.90 Å². The molecule has 0 unspecified atom stereocenters. The minimum atomic E-state index is 0.381. The van der Waals surface area contributed by atoms with Crippen LogP contribution in [0.4, 0.5) is 5.95 Å². The Morgan fingerprint density at radius 3 is 2.58 bits per heavy atom. The van der Waals surface area contributed by atoms with E-state index in [0.717, 1.165) is 54.3 Å². The molecule has 0 radical (unpaired) electrons. The van der Waals surface area contributed by atoms with Crippen LogP contribution >= 0.6 is 23.2 Å². The van der Waals surface area contributed by atoms with E-state index < -0.39 is 0 Å². The Kier molecular flexibility index (Phi) is 4.32. The molecule has 0 spiro atoms. The number of aryl methyl sites for hydroxylation is 1. The second-order valence-electron chi connectivity index (χ2n) is 7.65. The van der Waals surface area contributed by atoms with Gasteiger partial charge in [0.15, 0.2) is 5.65 Å².